The van der Waals surface area contributed by atoms with Crippen LogP contribution >= 0.6 is 0 Å². The van der Waals surface area contributed by atoms with Crippen LogP contribution in [0.2, 0.25) is 0 Å². The molecule has 5 nitrogen and oxygen atoms in total. The van der Waals surface area contributed by atoms with Gasteiger partial charge in [-0.2, -0.15) is 0 Å². The summed E-state index contributed by atoms with van der Waals surface area (Å²) in [4.78, 5) is 23.5. The zero-order valence-corrected chi connectivity index (χ0v) is 11.3. The maximum absolute atomic E-state index is 12.2. The fourth-order valence-electron chi connectivity index (χ4n) is 3.02. The van der Waals surface area contributed by atoms with Gasteiger partial charge in [0.2, 0.25) is 5.91 Å². The number of aliphatic hydroxyl groups excluding tert-OH is 1. The van der Waals surface area contributed by atoms with Gasteiger partial charge in [0.1, 0.15) is 0 Å². The zero-order valence-electron chi connectivity index (χ0n) is 11.3. The van der Waals surface area contributed by atoms with Crippen molar-refractivity contribution in [2.45, 2.75) is 20.3 Å². The van der Waals surface area contributed by atoms with Gasteiger partial charge in [0.25, 0.3) is 0 Å². The van der Waals surface area contributed by atoms with E-state index in [1.54, 1.807) is 0 Å². The van der Waals surface area contributed by atoms with Gasteiger partial charge in [-0.15, -0.1) is 0 Å². The van der Waals surface area contributed by atoms with Crippen molar-refractivity contribution in [3.63, 3.8) is 0 Å². The van der Waals surface area contributed by atoms with Crippen LogP contribution in [0.1, 0.15) is 20.3 Å². The molecule has 19 heavy (non-hydrogen) atoms. The van der Waals surface area contributed by atoms with Gasteiger partial charge in [0.05, 0.1) is 11.8 Å². The Morgan fingerprint density at radius 1 is 1.26 bits per heavy atom. The molecule has 2 aliphatic rings. The van der Waals surface area contributed by atoms with Gasteiger partial charge in [0, 0.05) is 18.6 Å². The summed E-state index contributed by atoms with van der Waals surface area (Å²) >= 11 is 0. The number of rotatable bonds is 5. The third-order valence-corrected chi connectivity index (χ3v) is 4.22. The number of nitrogens with one attached hydrogen (secondary N) is 1. The maximum atomic E-state index is 12.2. The molecule has 0 saturated heterocycles. The molecule has 4 atom stereocenters. The van der Waals surface area contributed by atoms with E-state index in [1.165, 1.54) is 0 Å². The number of carboxylic acid groups (broad SMARTS) is 1. The first-order valence-corrected chi connectivity index (χ1v) is 6.65. The van der Waals surface area contributed by atoms with Crippen LogP contribution in [0.15, 0.2) is 12.2 Å². The van der Waals surface area contributed by atoms with Crippen LogP contribution in [0.5, 0.6) is 0 Å². The molecule has 2 rings (SSSR count). The van der Waals surface area contributed by atoms with Crippen molar-refractivity contribution in [3.05, 3.63) is 12.2 Å². The molecule has 2 aliphatic carbocycles. The first-order chi connectivity index (χ1) is 8.85. The summed E-state index contributed by atoms with van der Waals surface area (Å²) in [5.41, 5.74) is -0.387. The van der Waals surface area contributed by atoms with E-state index in [2.05, 4.69) is 5.32 Å². The van der Waals surface area contributed by atoms with Crippen LogP contribution in [0.3, 0.4) is 0 Å². The average Bonchev–Trinajstić information content (AvgIpc) is 2.95. The van der Waals surface area contributed by atoms with E-state index >= 15 is 0 Å². The number of fused-ring (bicyclic) bond motifs is 2. The molecule has 0 aromatic rings. The Hall–Kier alpha value is -1.36. The lowest BCUT2D eigenvalue weighted by Crippen LogP contribution is -2.44. The summed E-state index contributed by atoms with van der Waals surface area (Å²) in [5.74, 6) is -2.13. The normalized spacial score (nSPS) is 32.6. The van der Waals surface area contributed by atoms with Crippen molar-refractivity contribution in [1.82, 2.24) is 5.32 Å². The lowest BCUT2D eigenvalue weighted by Gasteiger charge is -2.27. The molecule has 1 fully saturated rings. The van der Waals surface area contributed by atoms with Gasteiger partial charge >= 0.3 is 5.97 Å². The van der Waals surface area contributed by atoms with E-state index in [0.717, 1.165) is 6.42 Å². The number of carboxylic acids is 1. The largest absolute Gasteiger partial charge is 0.481 e. The van der Waals surface area contributed by atoms with E-state index in [0.29, 0.717) is 6.54 Å². The number of hydrogen-bond donors (Lipinski definition) is 3. The van der Waals surface area contributed by atoms with Crippen molar-refractivity contribution in [1.29, 1.82) is 0 Å². The lowest BCUT2D eigenvalue weighted by atomic mass is 9.82. The first-order valence-electron chi connectivity index (χ1n) is 6.65. The van der Waals surface area contributed by atoms with Gasteiger partial charge in [-0.1, -0.05) is 26.0 Å². The van der Waals surface area contributed by atoms with Crippen molar-refractivity contribution in [2.24, 2.45) is 29.1 Å². The number of carbonyl (C=O) groups is 2. The summed E-state index contributed by atoms with van der Waals surface area (Å²) in [5, 5.41) is 21.2. The number of carbonyl (C=O) groups excluding carboxylic acids is 1. The molecule has 0 aromatic carbocycles. The molecule has 106 valence electrons. The average molecular weight is 267 g/mol. The monoisotopic (exact) mass is 267 g/mol. The number of aliphatic carboxylic acids is 1. The minimum atomic E-state index is -0.890. The summed E-state index contributed by atoms with van der Waals surface area (Å²) in [6, 6.07) is 0. The molecule has 3 N–H and O–H groups in total. The van der Waals surface area contributed by atoms with E-state index < -0.39 is 17.8 Å². The number of allylic oxidation sites excluding steroid dienone is 2. The molecular weight excluding hydrogens is 246 g/mol. The standard InChI is InChI=1S/C14H21NO4/c1-14(2,7-16)6-15-12(17)10-8-3-4-9(5-8)11(10)13(18)19/h3-4,8-11,16H,5-7H2,1-2H3,(H,15,17)(H,18,19). The second-order valence-electron chi connectivity index (χ2n) is 6.38. The van der Waals surface area contributed by atoms with Crippen molar-refractivity contribution in [2.75, 3.05) is 13.2 Å². The van der Waals surface area contributed by atoms with Gasteiger partial charge in [-0.25, -0.2) is 0 Å². The predicted octanol–water partition coefficient (Wildman–Crippen LogP) is 0.644. The van der Waals surface area contributed by atoms with Gasteiger partial charge < -0.3 is 15.5 Å². The minimum absolute atomic E-state index is 0.0101. The molecule has 0 heterocycles. The van der Waals surface area contributed by atoms with Crippen molar-refractivity contribution in [3.8, 4) is 0 Å². The second kappa shape index (κ2) is 4.96. The Morgan fingerprint density at radius 3 is 2.37 bits per heavy atom. The molecule has 4 unspecified atom stereocenters. The van der Waals surface area contributed by atoms with Gasteiger partial charge in [0.15, 0.2) is 0 Å². The van der Waals surface area contributed by atoms with E-state index in [1.807, 2.05) is 26.0 Å². The molecule has 0 spiro atoms. The Morgan fingerprint density at radius 2 is 1.84 bits per heavy atom. The third kappa shape index (κ3) is 2.66. The quantitative estimate of drug-likeness (QED) is 0.638. The highest BCUT2D eigenvalue weighted by Gasteiger charge is 2.51. The Bertz CT molecular complexity index is 416. The van der Waals surface area contributed by atoms with E-state index in [-0.39, 0.29) is 29.8 Å². The van der Waals surface area contributed by atoms with E-state index in [4.69, 9.17) is 5.11 Å². The Balaban J connectivity index is 2.02. The lowest BCUT2D eigenvalue weighted by molar-refractivity contribution is -0.147. The fraction of sp³-hybridized carbons (Fsp3) is 0.714. The van der Waals surface area contributed by atoms with Crippen LogP contribution in [0.4, 0.5) is 0 Å². The number of amides is 1. The summed E-state index contributed by atoms with van der Waals surface area (Å²) in [6.07, 6.45) is 4.65. The SMILES string of the molecule is CC(C)(CO)CNC(=O)C1C2C=CC(C2)C1C(=O)O. The molecule has 0 aliphatic heterocycles. The van der Waals surface area contributed by atoms with Crippen LogP contribution in [-0.4, -0.2) is 35.2 Å². The molecule has 1 saturated carbocycles. The summed E-state index contributed by atoms with van der Waals surface area (Å²) in [7, 11) is 0. The first kappa shape index (κ1) is 14.1. The van der Waals surface area contributed by atoms with Gasteiger partial charge in [-0.3, -0.25) is 9.59 Å². The van der Waals surface area contributed by atoms with Crippen molar-refractivity contribution < 1.29 is 19.8 Å². The number of hydrogen-bond acceptors (Lipinski definition) is 3. The number of aliphatic hydroxyl groups is 1. The fourth-order valence-corrected chi connectivity index (χ4v) is 3.02. The molecular formula is C14H21NO4. The molecule has 2 bridgehead atoms. The van der Waals surface area contributed by atoms with Crippen molar-refractivity contribution >= 4 is 11.9 Å². The smallest absolute Gasteiger partial charge is 0.307 e. The molecule has 5 heteroatoms. The maximum Gasteiger partial charge on any atom is 0.307 e. The highest BCUT2D eigenvalue weighted by atomic mass is 16.4. The Labute approximate surface area is 112 Å². The van der Waals surface area contributed by atoms with Crippen LogP contribution in [-0.2, 0) is 9.59 Å². The van der Waals surface area contributed by atoms with Crippen LogP contribution in [0.25, 0.3) is 0 Å². The third-order valence-electron chi connectivity index (χ3n) is 4.22. The topological polar surface area (TPSA) is 86.6 Å². The second-order valence-corrected chi connectivity index (χ2v) is 6.38. The summed E-state index contributed by atoms with van der Waals surface area (Å²) in [6.45, 7) is 4.03. The molecule has 0 radical (unpaired) electrons. The minimum Gasteiger partial charge on any atom is -0.481 e. The van der Waals surface area contributed by atoms with Crippen LogP contribution in [0, 0.1) is 29.1 Å². The predicted molar refractivity (Wildman–Crippen MR) is 69.2 cm³/mol. The Kier molecular flexibility index (Phi) is 3.67. The highest BCUT2D eigenvalue weighted by Crippen LogP contribution is 2.48. The van der Waals surface area contributed by atoms with Crippen LogP contribution < -0.4 is 5.32 Å². The van der Waals surface area contributed by atoms with E-state index in [9.17, 15) is 14.7 Å². The summed E-state index contributed by atoms with van der Waals surface area (Å²) < 4.78 is 0. The molecule has 1 amide bonds. The van der Waals surface area contributed by atoms with Gasteiger partial charge in [-0.05, 0) is 18.3 Å². The highest BCUT2D eigenvalue weighted by molar-refractivity contribution is 5.86. The zero-order chi connectivity index (χ0) is 14.2. The molecule has 0 aromatic heterocycles.